The lowest BCUT2D eigenvalue weighted by Crippen LogP contribution is -2.39. The number of rotatable bonds is 2. The monoisotopic (exact) mass is 225 g/mol. The van der Waals surface area contributed by atoms with Gasteiger partial charge in [-0.2, -0.15) is 0 Å². The van der Waals surface area contributed by atoms with Crippen molar-refractivity contribution in [3.05, 3.63) is 29.8 Å². The molecule has 1 aromatic heterocycles. The largest absolute Gasteiger partial charge is 0.393 e. The molecule has 2 unspecified atom stereocenters. The average Bonchev–Trinajstić information content (AvgIpc) is 2.29. The Bertz CT molecular complexity index is 355. The number of pyridine rings is 1. The number of ether oxygens (including phenoxy) is 1. The summed E-state index contributed by atoms with van der Waals surface area (Å²) in [7, 11) is 0. The average molecular weight is 225 g/mol. The van der Waals surface area contributed by atoms with Crippen LogP contribution in [0.15, 0.2) is 18.3 Å². The molecule has 0 aromatic carbocycles. The quantitative estimate of drug-likeness (QED) is 0.837. The van der Waals surface area contributed by atoms with E-state index in [0.29, 0.717) is 25.1 Å². The first kappa shape index (κ1) is 11.5. The minimum Gasteiger partial charge on any atom is -0.393 e. The first-order valence-electron chi connectivity index (χ1n) is 5.60. The van der Waals surface area contributed by atoms with E-state index in [0.717, 1.165) is 6.42 Å². The molecule has 0 radical (unpaired) electrons. The van der Waals surface area contributed by atoms with Gasteiger partial charge in [-0.05, 0) is 25.0 Å². The van der Waals surface area contributed by atoms with E-state index in [2.05, 4.69) is 4.98 Å². The highest BCUT2D eigenvalue weighted by Crippen LogP contribution is 2.36. The Hall–Kier alpha value is -1.00. The topological polar surface area (TPSA) is 42.4 Å². The van der Waals surface area contributed by atoms with Gasteiger partial charge in [0, 0.05) is 6.42 Å². The molecule has 1 aromatic rings. The summed E-state index contributed by atoms with van der Waals surface area (Å²) >= 11 is 0. The lowest BCUT2D eigenvalue weighted by Gasteiger charge is -2.38. The van der Waals surface area contributed by atoms with Crippen LogP contribution in [0.2, 0.25) is 0 Å². The highest BCUT2D eigenvalue weighted by atomic mass is 19.1. The molecular weight excluding hydrogens is 209 g/mol. The van der Waals surface area contributed by atoms with Crippen LogP contribution < -0.4 is 0 Å². The van der Waals surface area contributed by atoms with E-state index in [9.17, 15) is 9.50 Å². The van der Waals surface area contributed by atoms with Gasteiger partial charge in [0.25, 0.3) is 0 Å². The Balaban J connectivity index is 2.29. The van der Waals surface area contributed by atoms with E-state index < -0.39 is 5.60 Å². The van der Waals surface area contributed by atoms with Crippen LogP contribution >= 0.6 is 0 Å². The normalized spacial score (nSPS) is 30.3. The predicted octanol–water partition coefficient (Wildman–Crippen LogP) is 2.00. The number of hydrogen-bond acceptors (Lipinski definition) is 3. The summed E-state index contributed by atoms with van der Waals surface area (Å²) in [5.74, 6) is -0.355. The van der Waals surface area contributed by atoms with Gasteiger partial charge in [-0.3, -0.25) is 4.98 Å². The fraction of sp³-hybridized carbons (Fsp3) is 0.583. The molecule has 0 saturated carbocycles. The summed E-state index contributed by atoms with van der Waals surface area (Å²) in [6.07, 6.45) is 2.74. The minimum absolute atomic E-state index is 0.355. The first-order chi connectivity index (χ1) is 7.66. The fourth-order valence-corrected chi connectivity index (χ4v) is 2.18. The second kappa shape index (κ2) is 4.47. The minimum atomic E-state index is -0.550. The molecule has 88 valence electrons. The van der Waals surface area contributed by atoms with Crippen LogP contribution in [0.25, 0.3) is 0 Å². The molecule has 3 nitrogen and oxygen atoms in total. The Kier molecular flexibility index (Phi) is 3.21. The number of aliphatic hydroxyl groups is 1. The molecule has 0 amide bonds. The van der Waals surface area contributed by atoms with E-state index >= 15 is 0 Å². The number of nitrogens with zero attached hydrogens (tertiary/aromatic N) is 1. The molecule has 1 aliphatic rings. The van der Waals surface area contributed by atoms with E-state index in [1.54, 1.807) is 6.07 Å². The number of aromatic nitrogens is 1. The molecule has 0 bridgehead atoms. The van der Waals surface area contributed by atoms with Crippen LogP contribution in [0, 0.1) is 5.82 Å². The van der Waals surface area contributed by atoms with Crippen molar-refractivity contribution in [1.29, 1.82) is 0 Å². The maximum Gasteiger partial charge on any atom is 0.141 e. The van der Waals surface area contributed by atoms with Crippen molar-refractivity contribution in [3.63, 3.8) is 0 Å². The van der Waals surface area contributed by atoms with Crippen molar-refractivity contribution in [1.82, 2.24) is 4.98 Å². The lowest BCUT2D eigenvalue weighted by atomic mass is 9.86. The van der Waals surface area contributed by atoms with Crippen LogP contribution in [-0.4, -0.2) is 22.8 Å². The molecule has 1 aliphatic heterocycles. The second-order valence-corrected chi connectivity index (χ2v) is 4.20. The van der Waals surface area contributed by atoms with E-state index in [-0.39, 0.29) is 11.9 Å². The molecule has 16 heavy (non-hydrogen) atoms. The standard InChI is InChI=1S/C12H16FNO2/c1-2-12(7-10(15)5-6-16-12)11-4-3-9(13)8-14-11/h3-4,8,10,15H,2,5-7H2,1H3. The highest BCUT2D eigenvalue weighted by molar-refractivity contribution is 5.15. The summed E-state index contributed by atoms with van der Waals surface area (Å²) < 4.78 is 18.6. The van der Waals surface area contributed by atoms with Gasteiger partial charge in [0.05, 0.1) is 24.6 Å². The third kappa shape index (κ3) is 2.08. The Labute approximate surface area is 94.3 Å². The van der Waals surface area contributed by atoms with Gasteiger partial charge in [0.2, 0.25) is 0 Å². The van der Waals surface area contributed by atoms with E-state index in [1.807, 2.05) is 6.92 Å². The second-order valence-electron chi connectivity index (χ2n) is 4.20. The van der Waals surface area contributed by atoms with Gasteiger partial charge >= 0.3 is 0 Å². The summed E-state index contributed by atoms with van der Waals surface area (Å²) in [6, 6.07) is 3.01. The van der Waals surface area contributed by atoms with Crippen molar-refractivity contribution < 1.29 is 14.2 Å². The van der Waals surface area contributed by atoms with Crippen molar-refractivity contribution >= 4 is 0 Å². The first-order valence-corrected chi connectivity index (χ1v) is 5.60. The SMILES string of the molecule is CCC1(c2ccc(F)cn2)CC(O)CCO1. The molecular formula is C12H16FNO2. The number of hydrogen-bond donors (Lipinski definition) is 1. The third-order valence-corrected chi connectivity index (χ3v) is 3.16. The van der Waals surface area contributed by atoms with E-state index in [1.165, 1.54) is 12.3 Å². The van der Waals surface area contributed by atoms with Crippen LogP contribution in [-0.2, 0) is 10.3 Å². The zero-order chi connectivity index (χ0) is 11.6. The predicted molar refractivity (Wildman–Crippen MR) is 57.4 cm³/mol. The molecule has 2 rings (SSSR count). The zero-order valence-electron chi connectivity index (χ0n) is 9.32. The van der Waals surface area contributed by atoms with Gasteiger partial charge in [0.1, 0.15) is 11.4 Å². The molecule has 1 N–H and O–H groups in total. The Morgan fingerprint density at radius 1 is 1.62 bits per heavy atom. The summed E-state index contributed by atoms with van der Waals surface area (Å²) in [4.78, 5) is 4.07. The fourth-order valence-electron chi connectivity index (χ4n) is 2.18. The molecule has 2 atom stereocenters. The summed E-state index contributed by atoms with van der Waals surface area (Å²) in [5.41, 5.74) is 0.154. The smallest absolute Gasteiger partial charge is 0.141 e. The van der Waals surface area contributed by atoms with Crippen LogP contribution in [0.5, 0.6) is 0 Å². The van der Waals surface area contributed by atoms with E-state index in [4.69, 9.17) is 4.74 Å². The van der Waals surface area contributed by atoms with Crippen molar-refractivity contribution in [2.45, 2.75) is 37.9 Å². The Morgan fingerprint density at radius 3 is 3.00 bits per heavy atom. The molecule has 2 heterocycles. The highest BCUT2D eigenvalue weighted by Gasteiger charge is 2.38. The molecule has 1 saturated heterocycles. The van der Waals surface area contributed by atoms with Gasteiger partial charge in [-0.1, -0.05) is 6.92 Å². The molecule has 0 aliphatic carbocycles. The van der Waals surface area contributed by atoms with Crippen LogP contribution in [0.4, 0.5) is 4.39 Å². The van der Waals surface area contributed by atoms with Gasteiger partial charge in [-0.25, -0.2) is 4.39 Å². The van der Waals surface area contributed by atoms with Crippen LogP contribution in [0.3, 0.4) is 0 Å². The third-order valence-electron chi connectivity index (χ3n) is 3.16. The van der Waals surface area contributed by atoms with Crippen molar-refractivity contribution in [2.24, 2.45) is 0 Å². The molecule has 0 spiro atoms. The molecule has 1 fully saturated rings. The van der Waals surface area contributed by atoms with Crippen LogP contribution in [0.1, 0.15) is 31.9 Å². The van der Waals surface area contributed by atoms with Crippen molar-refractivity contribution in [3.8, 4) is 0 Å². The number of aliphatic hydroxyl groups excluding tert-OH is 1. The number of halogens is 1. The van der Waals surface area contributed by atoms with Gasteiger partial charge in [0.15, 0.2) is 0 Å². The Morgan fingerprint density at radius 2 is 2.44 bits per heavy atom. The van der Waals surface area contributed by atoms with Crippen molar-refractivity contribution in [2.75, 3.05) is 6.61 Å². The summed E-state index contributed by atoms with van der Waals surface area (Å²) in [6.45, 7) is 2.51. The molecule has 4 heteroatoms. The van der Waals surface area contributed by atoms with Gasteiger partial charge in [-0.15, -0.1) is 0 Å². The maximum atomic E-state index is 12.8. The lowest BCUT2D eigenvalue weighted by molar-refractivity contribution is -0.128. The zero-order valence-corrected chi connectivity index (χ0v) is 9.32. The summed E-state index contributed by atoms with van der Waals surface area (Å²) in [5, 5.41) is 9.71. The maximum absolute atomic E-state index is 12.8. The van der Waals surface area contributed by atoms with Gasteiger partial charge < -0.3 is 9.84 Å².